The number of pyridine rings is 1. The average molecular weight is 238 g/mol. The summed E-state index contributed by atoms with van der Waals surface area (Å²) in [6.07, 6.45) is 1.74. The van der Waals surface area contributed by atoms with Gasteiger partial charge in [-0.15, -0.1) is 12.4 Å². The van der Waals surface area contributed by atoms with Crippen molar-refractivity contribution >= 4 is 28.3 Å². The zero-order valence-electron chi connectivity index (χ0n) is 6.12. The summed E-state index contributed by atoms with van der Waals surface area (Å²) in [5, 5.41) is 0. The van der Waals surface area contributed by atoms with Gasteiger partial charge in [0.1, 0.15) is 0 Å². The van der Waals surface area contributed by atoms with Crippen LogP contribution in [0.5, 0.6) is 0 Å². The topological polar surface area (TPSA) is 38.9 Å². The van der Waals surface area contributed by atoms with E-state index < -0.39 is 0 Å². The van der Waals surface area contributed by atoms with Gasteiger partial charge in [-0.2, -0.15) is 0 Å². The highest BCUT2D eigenvalue weighted by Gasteiger charge is 1.98. The van der Waals surface area contributed by atoms with E-state index in [4.69, 9.17) is 5.73 Å². The van der Waals surface area contributed by atoms with Crippen LogP contribution < -0.4 is 5.73 Å². The monoisotopic (exact) mass is 236 g/mol. The van der Waals surface area contributed by atoms with Crippen LogP contribution in [0.25, 0.3) is 0 Å². The van der Waals surface area contributed by atoms with Crippen LogP contribution in [-0.4, -0.2) is 4.98 Å². The first-order valence-corrected chi connectivity index (χ1v) is 3.86. The van der Waals surface area contributed by atoms with E-state index in [0.29, 0.717) is 0 Å². The minimum atomic E-state index is 0. The molecule has 11 heavy (non-hydrogen) atoms. The zero-order valence-corrected chi connectivity index (χ0v) is 8.52. The van der Waals surface area contributed by atoms with Crippen LogP contribution in [0.3, 0.4) is 0 Å². The number of rotatable bonds is 1. The van der Waals surface area contributed by atoms with Crippen molar-refractivity contribution in [1.82, 2.24) is 4.98 Å². The molecule has 1 rings (SSSR count). The molecule has 1 aromatic heterocycles. The highest BCUT2D eigenvalue weighted by Crippen LogP contribution is 2.12. The quantitative estimate of drug-likeness (QED) is 0.814. The van der Waals surface area contributed by atoms with Gasteiger partial charge < -0.3 is 5.73 Å². The lowest BCUT2D eigenvalue weighted by Crippen LogP contribution is -2.06. The molecule has 0 spiro atoms. The molecule has 0 bridgehead atoms. The molecule has 0 amide bonds. The van der Waals surface area contributed by atoms with E-state index in [-0.39, 0.29) is 18.4 Å². The van der Waals surface area contributed by atoms with Crippen molar-refractivity contribution in [2.45, 2.75) is 13.0 Å². The fourth-order valence-electron chi connectivity index (χ4n) is 0.670. The maximum absolute atomic E-state index is 5.60. The standard InChI is InChI=1S/C7H9BrN2.ClH/c1-5(9)7-4-6(8)2-3-10-7;/h2-5H,9H2,1H3;1H/t5-;/m0./s1. The van der Waals surface area contributed by atoms with Crippen molar-refractivity contribution in [3.05, 3.63) is 28.5 Å². The highest BCUT2D eigenvalue weighted by atomic mass is 79.9. The van der Waals surface area contributed by atoms with Crippen molar-refractivity contribution in [3.8, 4) is 0 Å². The molecule has 4 heteroatoms. The van der Waals surface area contributed by atoms with Crippen LogP contribution in [0, 0.1) is 0 Å². The van der Waals surface area contributed by atoms with Gasteiger partial charge in [-0.3, -0.25) is 4.98 Å². The first-order valence-electron chi connectivity index (χ1n) is 3.07. The Labute approximate surface area is 80.7 Å². The molecule has 1 aromatic rings. The van der Waals surface area contributed by atoms with E-state index >= 15 is 0 Å². The van der Waals surface area contributed by atoms with Crippen LogP contribution in [0.15, 0.2) is 22.8 Å². The van der Waals surface area contributed by atoms with Crippen molar-refractivity contribution in [3.63, 3.8) is 0 Å². The molecular weight excluding hydrogens is 227 g/mol. The normalized spacial score (nSPS) is 11.9. The molecule has 0 radical (unpaired) electrons. The molecule has 0 saturated carbocycles. The van der Waals surface area contributed by atoms with Crippen molar-refractivity contribution in [2.24, 2.45) is 5.73 Å². The second-order valence-corrected chi connectivity index (χ2v) is 3.10. The van der Waals surface area contributed by atoms with Crippen LogP contribution in [0.4, 0.5) is 0 Å². The first-order chi connectivity index (χ1) is 4.70. The molecular formula is C7H10BrClN2. The second-order valence-electron chi connectivity index (χ2n) is 2.19. The zero-order chi connectivity index (χ0) is 7.56. The number of hydrogen-bond donors (Lipinski definition) is 1. The van der Waals surface area contributed by atoms with Gasteiger partial charge in [-0.25, -0.2) is 0 Å². The van der Waals surface area contributed by atoms with Crippen molar-refractivity contribution in [1.29, 1.82) is 0 Å². The van der Waals surface area contributed by atoms with E-state index in [1.165, 1.54) is 0 Å². The molecule has 2 N–H and O–H groups in total. The number of nitrogens with zero attached hydrogens (tertiary/aromatic N) is 1. The van der Waals surface area contributed by atoms with E-state index in [0.717, 1.165) is 10.2 Å². The summed E-state index contributed by atoms with van der Waals surface area (Å²) in [7, 11) is 0. The molecule has 0 unspecified atom stereocenters. The summed E-state index contributed by atoms with van der Waals surface area (Å²) < 4.78 is 1.02. The number of hydrogen-bond acceptors (Lipinski definition) is 2. The highest BCUT2D eigenvalue weighted by molar-refractivity contribution is 9.10. The second kappa shape index (κ2) is 4.70. The Morgan fingerprint density at radius 1 is 1.64 bits per heavy atom. The van der Waals surface area contributed by atoms with Gasteiger partial charge in [0.25, 0.3) is 0 Å². The largest absolute Gasteiger partial charge is 0.323 e. The third-order valence-electron chi connectivity index (χ3n) is 1.21. The Morgan fingerprint density at radius 2 is 2.27 bits per heavy atom. The summed E-state index contributed by atoms with van der Waals surface area (Å²) in [4.78, 5) is 4.08. The first kappa shape index (κ1) is 10.9. The molecule has 1 atom stereocenters. The van der Waals surface area contributed by atoms with Crippen LogP contribution in [0.2, 0.25) is 0 Å². The Hall–Kier alpha value is -0.120. The third-order valence-corrected chi connectivity index (χ3v) is 1.70. The molecule has 0 aromatic carbocycles. The fraction of sp³-hybridized carbons (Fsp3) is 0.286. The molecule has 1 heterocycles. The summed E-state index contributed by atoms with van der Waals surface area (Å²) >= 11 is 3.33. The van der Waals surface area contributed by atoms with Gasteiger partial charge in [0, 0.05) is 16.7 Å². The summed E-state index contributed by atoms with van der Waals surface area (Å²) in [5.41, 5.74) is 6.51. The average Bonchev–Trinajstić information content (AvgIpc) is 1.88. The Morgan fingerprint density at radius 3 is 2.64 bits per heavy atom. The molecule has 0 aliphatic heterocycles. The van der Waals surface area contributed by atoms with Crippen LogP contribution >= 0.6 is 28.3 Å². The van der Waals surface area contributed by atoms with Crippen LogP contribution in [-0.2, 0) is 0 Å². The van der Waals surface area contributed by atoms with E-state index in [2.05, 4.69) is 20.9 Å². The van der Waals surface area contributed by atoms with Gasteiger partial charge in [0.15, 0.2) is 0 Å². The molecule has 2 nitrogen and oxygen atoms in total. The van der Waals surface area contributed by atoms with Gasteiger partial charge in [-0.05, 0) is 19.1 Å². The number of halogens is 2. The SMILES string of the molecule is C[C@H](N)c1cc(Br)ccn1.Cl. The number of aromatic nitrogens is 1. The Kier molecular flexibility index (Phi) is 4.65. The van der Waals surface area contributed by atoms with Crippen LogP contribution in [0.1, 0.15) is 18.7 Å². The minimum absolute atomic E-state index is 0. The lowest BCUT2D eigenvalue weighted by Gasteiger charge is -2.02. The predicted molar refractivity (Wildman–Crippen MR) is 51.8 cm³/mol. The number of nitrogens with two attached hydrogens (primary N) is 1. The molecule has 0 aliphatic rings. The lowest BCUT2D eigenvalue weighted by molar-refractivity contribution is 0.780. The van der Waals surface area contributed by atoms with Gasteiger partial charge in [0.05, 0.1) is 5.69 Å². The van der Waals surface area contributed by atoms with Crippen molar-refractivity contribution in [2.75, 3.05) is 0 Å². The van der Waals surface area contributed by atoms with E-state index in [1.54, 1.807) is 6.20 Å². The molecule has 62 valence electrons. The van der Waals surface area contributed by atoms with E-state index in [1.807, 2.05) is 19.1 Å². The smallest absolute Gasteiger partial charge is 0.0579 e. The van der Waals surface area contributed by atoms with Gasteiger partial charge in [0.2, 0.25) is 0 Å². The summed E-state index contributed by atoms with van der Waals surface area (Å²) in [6, 6.07) is 3.81. The predicted octanol–water partition coefficient (Wildman–Crippen LogP) is 2.29. The van der Waals surface area contributed by atoms with Crippen molar-refractivity contribution < 1.29 is 0 Å². The third kappa shape index (κ3) is 3.18. The Balaban J connectivity index is 0.000001000. The lowest BCUT2D eigenvalue weighted by atomic mass is 10.2. The Bertz CT molecular complexity index is 227. The van der Waals surface area contributed by atoms with Gasteiger partial charge >= 0.3 is 0 Å². The molecule has 0 fully saturated rings. The molecule has 0 aliphatic carbocycles. The van der Waals surface area contributed by atoms with E-state index in [9.17, 15) is 0 Å². The summed E-state index contributed by atoms with van der Waals surface area (Å²) in [6.45, 7) is 1.91. The summed E-state index contributed by atoms with van der Waals surface area (Å²) in [5.74, 6) is 0. The maximum atomic E-state index is 5.60. The minimum Gasteiger partial charge on any atom is -0.323 e. The fourth-order valence-corrected chi connectivity index (χ4v) is 1.02. The maximum Gasteiger partial charge on any atom is 0.0579 e. The molecule has 0 saturated heterocycles. The van der Waals surface area contributed by atoms with Gasteiger partial charge in [-0.1, -0.05) is 15.9 Å².